The maximum atomic E-state index is 5.80. The molecule has 1 aromatic rings. The standard InChI is InChI=1S/C11H21N3OS/c1-8(2)14(5-6-15-4)11-13-10(7-16-11)9(3)12/h7-9H,5-6,12H2,1-4H3. The molecule has 0 fully saturated rings. The Hall–Kier alpha value is -0.650. The summed E-state index contributed by atoms with van der Waals surface area (Å²) in [5.41, 5.74) is 6.77. The molecule has 4 nitrogen and oxygen atoms in total. The molecule has 0 aromatic carbocycles. The van der Waals surface area contributed by atoms with Crippen molar-refractivity contribution in [1.29, 1.82) is 0 Å². The second kappa shape index (κ2) is 6.18. The number of aromatic nitrogens is 1. The predicted molar refractivity (Wildman–Crippen MR) is 69.1 cm³/mol. The summed E-state index contributed by atoms with van der Waals surface area (Å²) < 4.78 is 5.11. The van der Waals surface area contributed by atoms with Gasteiger partial charge in [0.25, 0.3) is 0 Å². The van der Waals surface area contributed by atoms with Crippen molar-refractivity contribution in [2.24, 2.45) is 5.73 Å². The summed E-state index contributed by atoms with van der Waals surface area (Å²) in [5.74, 6) is 0. The summed E-state index contributed by atoms with van der Waals surface area (Å²) in [6.07, 6.45) is 0. The molecule has 1 rings (SSSR count). The van der Waals surface area contributed by atoms with E-state index < -0.39 is 0 Å². The molecular formula is C11H21N3OS. The summed E-state index contributed by atoms with van der Waals surface area (Å²) in [4.78, 5) is 6.78. The van der Waals surface area contributed by atoms with Gasteiger partial charge in [0.2, 0.25) is 0 Å². The van der Waals surface area contributed by atoms with Crippen LogP contribution in [-0.4, -0.2) is 31.3 Å². The Morgan fingerprint density at radius 2 is 2.19 bits per heavy atom. The molecule has 0 aliphatic carbocycles. The molecule has 0 amide bonds. The highest BCUT2D eigenvalue weighted by Crippen LogP contribution is 2.24. The van der Waals surface area contributed by atoms with E-state index in [2.05, 4.69) is 23.7 Å². The van der Waals surface area contributed by atoms with Crippen LogP contribution in [-0.2, 0) is 4.74 Å². The number of hydrogen-bond acceptors (Lipinski definition) is 5. The highest BCUT2D eigenvalue weighted by atomic mass is 32.1. The number of rotatable bonds is 6. The number of nitrogens with zero attached hydrogens (tertiary/aromatic N) is 2. The van der Waals surface area contributed by atoms with Gasteiger partial charge in [0.1, 0.15) is 0 Å². The summed E-state index contributed by atoms with van der Waals surface area (Å²) in [6, 6.07) is 0.420. The van der Waals surface area contributed by atoms with Crippen molar-refractivity contribution >= 4 is 16.5 Å². The lowest BCUT2D eigenvalue weighted by Crippen LogP contribution is -2.33. The third-order valence-corrected chi connectivity index (χ3v) is 3.28. The Labute approximate surface area is 101 Å². The van der Waals surface area contributed by atoms with Crippen molar-refractivity contribution in [3.63, 3.8) is 0 Å². The molecule has 0 saturated heterocycles. The fourth-order valence-corrected chi connectivity index (χ4v) is 2.47. The Morgan fingerprint density at radius 3 is 2.62 bits per heavy atom. The maximum absolute atomic E-state index is 5.80. The topological polar surface area (TPSA) is 51.4 Å². The third-order valence-electron chi connectivity index (χ3n) is 2.38. The molecule has 0 bridgehead atoms. The van der Waals surface area contributed by atoms with Gasteiger partial charge in [0.05, 0.1) is 12.3 Å². The molecular weight excluding hydrogens is 222 g/mol. The molecule has 0 aliphatic rings. The van der Waals surface area contributed by atoms with Gasteiger partial charge in [-0.25, -0.2) is 4.98 Å². The fraction of sp³-hybridized carbons (Fsp3) is 0.727. The van der Waals surface area contributed by atoms with E-state index in [-0.39, 0.29) is 6.04 Å². The van der Waals surface area contributed by atoms with Crippen molar-refractivity contribution in [2.45, 2.75) is 32.9 Å². The molecule has 16 heavy (non-hydrogen) atoms. The number of ether oxygens (including phenoxy) is 1. The summed E-state index contributed by atoms with van der Waals surface area (Å²) >= 11 is 1.64. The fourth-order valence-electron chi connectivity index (χ4n) is 1.38. The molecule has 1 aromatic heterocycles. The van der Waals surface area contributed by atoms with Gasteiger partial charge in [-0.2, -0.15) is 0 Å². The van der Waals surface area contributed by atoms with Gasteiger partial charge in [-0.15, -0.1) is 11.3 Å². The van der Waals surface area contributed by atoms with Crippen LogP contribution in [0.5, 0.6) is 0 Å². The lowest BCUT2D eigenvalue weighted by molar-refractivity contribution is 0.204. The molecule has 92 valence electrons. The van der Waals surface area contributed by atoms with Crippen molar-refractivity contribution in [3.8, 4) is 0 Å². The van der Waals surface area contributed by atoms with Crippen LogP contribution >= 0.6 is 11.3 Å². The minimum absolute atomic E-state index is 0.00133. The number of nitrogens with two attached hydrogens (primary N) is 1. The van der Waals surface area contributed by atoms with Gasteiger partial charge in [0.15, 0.2) is 5.13 Å². The van der Waals surface area contributed by atoms with Crippen LogP contribution in [0.3, 0.4) is 0 Å². The first-order valence-electron chi connectivity index (χ1n) is 5.52. The van der Waals surface area contributed by atoms with E-state index in [1.807, 2.05) is 12.3 Å². The van der Waals surface area contributed by atoms with Crippen LogP contribution < -0.4 is 10.6 Å². The summed E-state index contributed by atoms with van der Waals surface area (Å²) in [7, 11) is 1.72. The zero-order valence-corrected chi connectivity index (χ0v) is 11.3. The van der Waals surface area contributed by atoms with Crippen molar-refractivity contribution in [2.75, 3.05) is 25.2 Å². The van der Waals surface area contributed by atoms with Crippen molar-refractivity contribution < 1.29 is 4.74 Å². The van der Waals surface area contributed by atoms with E-state index in [9.17, 15) is 0 Å². The first kappa shape index (κ1) is 13.4. The number of hydrogen-bond donors (Lipinski definition) is 1. The van der Waals surface area contributed by atoms with Gasteiger partial charge in [-0.3, -0.25) is 0 Å². The minimum Gasteiger partial charge on any atom is -0.383 e. The molecule has 0 saturated carbocycles. The Kier molecular flexibility index (Phi) is 5.18. The largest absolute Gasteiger partial charge is 0.383 e. The normalized spacial score (nSPS) is 13.1. The maximum Gasteiger partial charge on any atom is 0.185 e. The number of anilines is 1. The smallest absolute Gasteiger partial charge is 0.185 e. The van der Waals surface area contributed by atoms with Gasteiger partial charge in [-0.05, 0) is 20.8 Å². The SMILES string of the molecule is COCCN(c1nc(C(C)N)cs1)C(C)C. The second-order valence-corrected chi connectivity index (χ2v) is 4.96. The van der Waals surface area contributed by atoms with Crippen LogP contribution in [0.2, 0.25) is 0 Å². The zero-order chi connectivity index (χ0) is 12.1. The molecule has 1 atom stereocenters. The van der Waals surface area contributed by atoms with Crippen molar-refractivity contribution in [3.05, 3.63) is 11.1 Å². The highest BCUT2D eigenvalue weighted by molar-refractivity contribution is 7.13. The Bertz CT molecular complexity index is 312. The van der Waals surface area contributed by atoms with E-state index in [1.165, 1.54) is 0 Å². The summed E-state index contributed by atoms with van der Waals surface area (Å²) in [6.45, 7) is 7.84. The lowest BCUT2D eigenvalue weighted by atomic mass is 10.3. The Morgan fingerprint density at radius 1 is 1.50 bits per heavy atom. The van der Waals surface area contributed by atoms with Crippen LogP contribution in [0.4, 0.5) is 5.13 Å². The van der Waals surface area contributed by atoms with E-state index in [0.29, 0.717) is 12.6 Å². The van der Waals surface area contributed by atoms with E-state index in [0.717, 1.165) is 17.4 Å². The summed E-state index contributed by atoms with van der Waals surface area (Å²) in [5, 5.41) is 3.06. The van der Waals surface area contributed by atoms with Crippen LogP contribution in [0.1, 0.15) is 32.5 Å². The third kappa shape index (κ3) is 3.43. The molecule has 0 spiro atoms. The second-order valence-electron chi connectivity index (χ2n) is 4.12. The number of methoxy groups -OCH3 is 1. The first-order chi connectivity index (χ1) is 7.56. The molecule has 0 aliphatic heterocycles. The Balaban J connectivity index is 2.76. The van der Waals surface area contributed by atoms with E-state index in [1.54, 1.807) is 18.4 Å². The molecule has 1 heterocycles. The van der Waals surface area contributed by atoms with Crippen LogP contribution in [0, 0.1) is 0 Å². The molecule has 1 unspecified atom stereocenters. The van der Waals surface area contributed by atoms with Crippen LogP contribution in [0.15, 0.2) is 5.38 Å². The van der Waals surface area contributed by atoms with Gasteiger partial charge >= 0.3 is 0 Å². The quantitative estimate of drug-likeness (QED) is 0.830. The monoisotopic (exact) mass is 243 g/mol. The average Bonchev–Trinajstić information content (AvgIpc) is 2.67. The zero-order valence-electron chi connectivity index (χ0n) is 10.4. The molecule has 0 radical (unpaired) electrons. The van der Waals surface area contributed by atoms with Gasteiger partial charge < -0.3 is 15.4 Å². The highest BCUT2D eigenvalue weighted by Gasteiger charge is 2.15. The van der Waals surface area contributed by atoms with E-state index >= 15 is 0 Å². The minimum atomic E-state index is 0.00133. The number of thiazole rings is 1. The lowest BCUT2D eigenvalue weighted by Gasteiger charge is -2.25. The van der Waals surface area contributed by atoms with E-state index in [4.69, 9.17) is 10.5 Å². The van der Waals surface area contributed by atoms with Crippen LogP contribution in [0.25, 0.3) is 0 Å². The molecule has 5 heteroatoms. The van der Waals surface area contributed by atoms with Gasteiger partial charge in [0, 0.05) is 31.1 Å². The molecule has 2 N–H and O–H groups in total. The average molecular weight is 243 g/mol. The van der Waals surface area contributed by atoms with Crippen molar-refractivity contribution in [1.82, 2.24) is 4.98 Å². The van der Waals surface area contributed by atoms with Gasteiger partial charge in [-0.1, -0.05) is 0 Å². The predicted octanol–water partition coefficient (Wildman–Crippen LogP) is 2.02. The first-order valence-corrected chi connectivity index (χ1v) is 6.40.